The average molecular weight is 265 g/mol. The number of aliphatic hydroxyl groups is 1. The van der Waals surface area contributed by atoms with Gasteiger partial charge < -0.3 is 15.7 Å². The zero-order valence-corrected chi connectivity index (χ0v) is 12.2. The van der Waals surface area contributed by atoms with Crippen molar-refractivity contribution in [2.75, 3.05) is 26.7 Å². The summed E-state index contributed by atoms with van der Waals surface area (Å²) < 4.78 is 0. The van der Waals surface area contributed by atoms with Crippen LogP contribution in [0.4, 0.5) is 0 Å². The second-order valence-electron chi connectivity index (χ2n) is 5.57. The zero-order chi connectivity index (χ0) is 14.1. The van der Waals surface area contributed by atoms with Gasteiger partial charge in [0, 0.05) is 25.5 Å². The minimum atomic E-state index is -0.699. The molecular weight excluding hydrogens is 238 g/mol. The first-order valence-electron chi connectivity index (χ1n) is 7.03. The van der Waals surface area contributed by atoms with Gasteiger partial charge in [0.05, 0.1) is 5.60 Å². The van der Waals surface area contributed by atoms with Crippen molar-refractivity contribution in [3.8, 4) is 0 Å². The van der Waals surface area contributed by atoms with Gasteiger partial charge in [-0.15, -0.1) is 0 Å². The summed E-state index contributed by atoms with van der Waals surface area (Å²) in [5.41, 5.74) is 6.12. The van der Waals surface area contributed by atoms with E-state index in [0.717, 1.165) is 38.8 Å². The third-order valence-corrected chi connectivity index (χ3v) is 3.48. The van der Waals surface area contributed by atoms with Crippen LogP contribution in [0.2, 0.25) is 0 Å². The standard InChI is InChI=1S/C15H27N3O/c1-15(19,13-16)8-3-4-11-18(2)12-7-14-5-9-17-10-6-14/h5-6,9-10,19H,3-4,7-8,11-13,16H2,1-2H3. The lowest BCUT2D eigenvalue weighted by molar-refractivity contribution is 0.0566. The van der Waals surface area contributed by atoms with Crippen molar-refractivity contribution in [3.05, 3.63) is 30.1 Å². The first-order valence-corrected chi connectivity index (χ1v) is 7.03. The molecule has 0 fully saturated rings. The smallest absolute Gasteiger partial charge is 0.0741 e. The predicted octanol–water partition coefficient (Wildman–Crippen LogP) is 1.44. The summed E-state index contributed by atoms with van der Waals surface area (Å²) in [6, 6.07) is 4.12. The van der Waals surface area contributed by atoms with E-state index < -0.39 is 5.60 Å². The normalized spacial score (nSPS) is 14.6. The number of hydrogen-bond donors (Lipinski definition) is 2. The number of likely N-dealkylation sites (N-methyl/N-ethyl adjacent to an activating group) is 1. The van der Waals surface area contributed by atoms with Crippen LogP contribution in [-0.2, 0) is 6.42 Å². The van der Waals surface area contributed by atoms with Gasteiger partial charge in [0.2, 0.25) is 0 Å². The number of nitrogens with zero attached hydrogens (tertiary/aromatic N) is 2. The van der Waals surface area contributed by atoms with Gasteiger partial charge in [-0.1, -0.05) is 0 Å². The van der Waals surface area contributed by atoms with Gasteiger partial charge in [0.1, 0.15) is 0 Å². The summed E-state index contributed by atoms with van der Waals surface area (Å²) in [6.45, 7) is 4.26. The molecule has 0 aliphatic carbocycles. The summed E-state index contributed by atoms with van der Waals surface area (Å²) in [5, 5.41) is 9.80. The van der Waals surface area contributed by atoms with Gasteiger partial charge in [-0.2, -0.15) is 0 Å². The Hall–Kier alpha value is -0.970. The molecule has 1 aromatic rings. The van der Waals surface area contributed by atoms with E-state index in [1.165, 1.54) is 5.56 Å². The third kappa shape index (κ3) is 7.25. The molecule has 108 valence electrons. The molecule has 0 saturated carbocycles. The molecule has 3 N–H and O–H groups in total. The van der Waals surface area contributed by atoms with Crippen molar-refractivity contribution in [2.24, 2.45) is 5.73 Å². The molecular formula is C15H27N3O. The third-order valence-electron chi connectivity index (χ3n) is 3.48. The maximum absolute atomic E-state index is 9.80. The highest BCUT2D eigenvalue weighted by Crippen LogP contribution is 2.11. The number of nitrogens with two attached hydrogens (primary N) is 1. The Morgan fingerprint density at radius 2 is 1.95 bits per heavy atom. The van der Waals surface area contributed by atoms with Crippen molar-refractivity contribution in [3.63, 3.8) is 0 Å². The number of pyridine rings is 1. The summed E-state index contributed by atoms with van der Waals surface area (Å²) in [7, 11) is 2.14. The molecule has 0 amide bonds. The van der Waals surface area contributed by atoms with Crippen molar-refractivity contribution in [2.45, 2.75) is 38.2 Å². The Morgan fingerprint density at radius 1 is 1.26 bits per heavy atom. The molecule has 19 heavy (non-hydrogen) atoms. The lowest BCUT2D eigenvalue weighted by Gasteiger charge is -2.22. The fourth-order valence-electron chi connectivity index (χ4n) is 1.97. The van der Waals surface area contributed by atoms with Gasteiger partial charge in [0.15, 0.2) is 0 Å². The van der Waals surface area contributed by atoms with Gasteiger partial charge in [0.25, 0.3) is 0 Å². The molecule has 0 spiro atoms. The van der Waals surface area contributed by atoms with Crippen molar-refractivity contribution >= 4 is 0 Å². The van der Waals surface area contributed by atoms with Gasteiger partial charge >= 0.3 is 0 Å². The number of rotatable bonds is 9. The lowest BCUT2D eigenvalue weighted by atomic mass is 9.99. The zero-order valence-electron chi connectivity index (χ0n) is 12.2. The van der Waals surface area contributed by atoms with E-state index in [4.69, 9.17) is 5.73 Å². The van der Waals surface area contributed by atoms with Crippen LogP contribution in [-0.4, -0.2) is 47.3 Å². The first kappa shape index (κ1) is 16.1. The number of hydrogen-bond acceptors (Lipinski definition) is 4. The highest BCUT2D eigenvalue weighted by atomic mass is 16.3. The van der Waals surface area contributed by atoms with Crippen molar-refractivity contribution in [1.29, 1.82) is 0 Å². The molecule has 4 nitrogen and oxygen atoms in total. The lowest BCUT2D eigenvalue weighted by Crippen LogP contribution is -2.34. The average Bonchev–Trinajstić information content (AvgIpc) is 2.42. The summed E-state index contributed by atoms with van der Waals surface area (Å²) >= 11 is 0. The fourth-order valence-corrected chi connectivity index (χ4v) is 1.97. The molecule has 1 aromatic heterocycles. The second kappa shape index (κ2) is 8.25. The Bertz CT molecular complexity index is 341. The monoisotopic (exact) mass is 265 g/mol. The van der Waals surface area contributed by atoms with E-state index in [0.29, 0.717) is 6.54 Å². The van der Waals surface area contributed by atoms with Crippen LogP contribution in [0.3, 0.4) is 0 Å². The molecule has 0 radical (unpaired) electrons. The topological polar surface area (TPSA) is 62.4 Å². The van der Waals surface area contributed by atoms with E-state index >= 15 is 0 Å². The molecule has 0 aliphatic rings. The molecule has 4 heteroatoms. The van der Waals surface area contributed by atoms with Crippen LogP contribution in [0.25, 0.3) is 0 Å². The van der Waals surface area contributed by atoms with E-state index in [1.54, 1.807) is 6.92 Å². The molecule has 0 aliphatic heterocycles. The molecule has 1 heterocycles. The first-order chi connectivity index (χ1) is 9.03. The fraction of sp³-hybridized carbons (Fsp3) is 0.667. The Kier molecular flexibility index (Phi) is 6.99. The van der Waals surface area contributed by atoms with E-state index in [1.807, 2.05) is 12.4 Å². The van der Waals surface area contributed by atoms with Crippen LogP contribution < -0.4 is 5.73 Å². The van der Waals surface area contributed by atoms with Crippen LogP contribution in [0.15, 0.2) is 24.5 Å². The maximum atomic E-state index is 9.80. The highest BCUT2D eigenvalue weighted by molar-refractivity contribution is 5.09. The van der Waals surface area contributed by atoms with Crippen molar-refractivity contribution in [1.82, 2.24) is 9.88 Å². The van der Waals surface area contributed by atoms with Crippen LogP contribution in [0, 0.1) is 0 Å². The van der Waals surface area contributed by atoms with Crippen LogP contribution in [0.5, 0.6) is 0 Å². The van der Waals surface area contributed by atoms with E-state index in [2.05, 4.69) is 29.1 Å². The molecule has 1 atom stereocenters. The molecule has 0 bridgehead atoms. The van der Waals surface area contributed by atoms with Gasteiger partial charge in [-0.3, -0.25) is 4.98 Å². The maximum Gasteiger partial charge on any atom is 0.0741 e. The molecule has 0 aromatic carbocycles. The molecule has 1 rings (SSSR count). The van der Waals surface area contributed by atoms with E-state index in [-0.39, 0.29) is 0 Å². The molecule has 0 saturated heterocycles. The Balaban J connectivity index is 2.10. The number of aromatic nitrogens is 1. The largest absolute Gasteiger partial charge is 0.389 e. The Morgan fingerprint density at radius 3 is 2.58 bits per heavy atom. The van der Waals surface area contributed by atoms with Crippen LogP contribution in [0.1, 0.15) is 31.7 Å². The van der Waals surface area contributed by atoms with Crippen molar-refractivity contribution < 1.29 is 5.11 Å². The summed E-state index contributed by atoms with van der Waals surface area (Å²) in [4.78, 5) is 6.35. The Labute approximate surface area is 116 Å². The minimum absolute atomic E-state index is 0.338. The second-order valence-corrected chi connectivity index (χ2v) is 5.57. The van der Waals surface area contributed by atoms with Gasteiger partial charge in [-0.25, -0.2) is 0 Å². The quantitative estimate of drug-likeness (QED) is 0.663. The van der Waals surface area contributed by atoms with E-state index in [9.17, 15) is 5.11 Å². The molecule has 1 unspecified atom stereocenters. The van der Waals surface area contributed by atoms with Crippen LogP contribution >= 0.6 is 0 Å². The minimum Gasteiger partial charge on any atom is -0.389 e. The predicted molar refractivity (Wildman–Crippen MR) is 79.0 cm³/mol. The summed E-state index contributed by atoms with van der Waals surface area (Å²) in [5.74, 6) is 0. The number of unbranched alkanes of at least 4 members (excludes halogenated alkanes) is 1. The highest BCUT2D eigenvalue weighted by Gasteiger charge is 2.16. The summed E-state index contributed by atoms with van der Waals surface area (Å²) in [6.07, 6.45) is 7.63. The van der Waals surface area contributed by atoms with Gasteiger partial charge in [-0.05, 0) is 63.9 Å². The SMILES string of the molecule is CN(CCCCC(C)(O)CN)CCc1ccncc1.